The van der Waals surface area contributed by atoms with Gasteiger partial charge < -0.3 is 10.5 Å². The van der Waals surface area contributed by atoms with Gasteiger partial charge in [-0.05, 0) is 41.6 Å². The predicted molar refractivity (Wildman–Crippen MR) is 78.3 cm³/mol. The number of hydrogen-bond donors (Lipinski definition) is 1. The van der Waals surface area contributed by atoms with E-state index in [1.165, 1.54) is 0 Å². The van der Waals surface area contributed by atoms with Crippen molar-refractivity contribution < 1.29 is 4.74 Å². The number of rotatable bonds is 4. The van der Waals surface area contributed by atoms with E-state index in [-0.39, 0.29) is 6.04 Å². The zero-order valence-corrected chi connectivity index (χ0v) is 11.5. The molecule has 3 rings (SSSR count). The van der Waals surface area contributed by atoms with Gasteiger partial charge >= 0.3 is 0 Å². The van der Waals surface area contributed by atoms with E-state index in [0.717, 1.165) is 11.4 Å². The maximum atomic E-state index is 5.86. The van der Waals surface area contributed by atoms with Crippen LogP contribution < -0.4 is 10.5 Å². The van der Waals surface area contributed by atoms with E-state index in [0.29, 0.717) is 11.6 Å². The number of tetrazole rings is 1. The molecule has 0 radical (unpaired) electrons. The molecule has 0 amide bonds. The Morgan fingerprint density at radius 3 is 2.57 bits per heavy atom. The second kappa shape index (κ2) is 5.72. The fourth-order valence-electron chi connectivity index (χ4n) is 1.97. The van der Waals surface area contributed by atoms with Crippen LogP contribution in [-0.2, 0) is 0 Å². The summed E-state index contributed by atoms with van der Waals surface area (Å²) in [6.45, 7) is 1.84. The maximum absolute atomic E-state index is 5.86. The third-order valence-electron chi connectivity index (χ3n) is 2.94. The highest BCUT2D eigenvalue weighted by atomic mass is 16.5. The summed E-state index contributed by atoms with van der Waals surface area (Å²) in [6.07, 6.45) is 0. The molecule has 0 fully saturated rings. The molecule has 6 nitrogen and oxygen atoms in total. The fraction of sp³-hybridized carbons (Fsp3) is 0.133. The van der Waals surface area contributed by atoms with Crippen molar-refractivity contribution in [3.05, 3.63) is 60.4 Å². The van der Waals surface area contributed by atoms with Gasteiger partial charge in [0.2, 0.25) is 0 Å². The standard InChI is InChI=1S/C15H15N5O/c1-11(16)15-17-18-19-20(15)12-6-5-9-14(10-12)21-13-7-3-2-4-8-13/h2-11H,16H2,1H3. The Morgan fingerprint density at radius 2 is 1.81 bits per heavy atom. The SMILES string of the molecule is CC(N)c1nnnn1-c1cccc(Oc2ccccc2)c1. The van der Waals surface area contributed by atoms with E-state index in [1.807, 2.05) is 61.5 Å². The number of ether oxygens (including phenoxy) is 1. The Bertz CT molecular complexity index is 724. The van der Waals surface area contributed by atoms with Crippen molar-refractivity contribution in [2.45, 2.75) is 13.0 Å². The molecule has 0 saturated carbocycles. The first-order chi connectivity index (χ1) is 10.2. The average Bonchev–Trinajstić information content (AvgIpc) is 2.98. The summed E-state index contributed by atoms with van der Waals surface area (Å²) in [6, 6.07) is 16.9. The van der Waals surface area contributed by atoms with Crippen LogP contribution in [-0.4, -0.2) is 20.2 Å². The first kappa shape index (κ1) is 13.3. The zero-order valence-electron chi connectivity index (χ0n) is 11.5. The van der Waals surface area contributed by atoms with E-state index < -0.39 is 0 Å². The Labute approximate surface area is 122 Å². The molecule has 2 N–H and O–H groups in total. The number of nitrogens with zero attached hydrogens (tertiary/aromatic N) is 4. The van der Waals surface area contributed by atoms with Crippen LogP contribution in [0.25, 0.3) is 5.69 Å². The second-order valence-corrected chi connectivity index (χ2v) is 4.65. The third-order valence-corrected chi connectivity index (χ3v) is 2.94. The van der Waals surface area contributed by atoms with Crippen molar-refractivity contribution >= 4 is 0 Å². The quantitative estimate of drug-likeness (QED) is 0.794. The summed E-state index contributed by atoms with van der Waals surface area (Å²) in [5.41, 5.74) is 6.67. The van der Waals surface area contributed by atoms with Crippen LogP contribution in [0, 0.1) is 0 Å². The topological polar surface area (TPSA) is 78.9 Å². The van der Waals surface area contributed by atoms with E-state index in [1.54, 1.807) is 4.68 Å². The summed E-state index contributed by atoms with van der Waals surface area (Å²) in [5.74, 6) is 2.09. The van der Waals surface area contributed by atoms with Crippen molar-refractivity contribution in [2.24, 2.45) is 5.73 Å². The molecule has 1 heterocycles. The predicted octanol–water partition coefficient (Wildman–Crippen LogP) is 2.47. The van der Waals surface area contributed by atoms with Gasteiger partial charge in [-0.2, -0.15) is 4.68 Å². The highest BCUT2D eigenvalue weighted by Gasteiger charge is 2.12. The molecule has 106 valence electrons. The Hall–Kier alpha value is -2.73. The molecule has 21 heavy (non-hydrogen) atoms. The maximum Gasteiger partial charge on any atom is 0.173 e. The molecule has 1 unspecified atom stereocenters. The monoisotopic (exact) mass is 281 g/mol. The normalized spacial score (nSPS) is 12.1. The number of para-hydroxylation sites is 1. The van der Waals surface area contributed by atoms with E-state index >= 15 is 0 Å². The molecule has 6 heteroatoms. The van der Waals surface area contributed by atoms with Gasteiger partial charge in [0.25, 0.3) is 0 Å². The molecule has 3 aromatic rings. The van der Waals surface area contributed by atoms with Gasteiger partial charge in [0.05, 0.1) is 11.7 Å². The van der Waals surface area contributed by atoms with Crippen LogP contribution in [0.3, 0.4) is 0 Å². The number of nitrogens with two attached hydrogens (primary N) is 1. The lowest BCUT2D eigenvalue weighted by Gasteiger charge is -2.09. The lowest BCUT2D eigenvalue weighted by Crippen LogP contribution is -2.13. The molecule has 1 atom stereocenters. The Kier molecular flexibility index (Phi) is 3.61. The van der Waals surface area contributed by atoms with Crippen LogP contribution in [0.4, 0.5) is 0 Å². The van der Waals surface area contributed by atoms with Crippen LogP contribution in [0.2, 0.25) is 0 Å². The molecule has 0 saturated heterocycles. The molecule has 2 aromatic carbocycles. The van der Waals surface area contributed by atoms with Crippen molar-refractivity contribution in [3.63, 3.8) is 0 Å². The number of aromatic nitrogens is 4. The average molecular weight is 281 g/mol. The molecular weight excluding hydrogens is 266 g/mol. The molecule has 0 aliphatic rings. The third kappa shape index (κ3) is 2.90. The summed E-state index contributed by atoms with van der Waals surface area (Å²) < 4.78 is 7.42. The molecule has 1 aromatic heterocycles. The highest BCUT2D eigenvalue weighted by Crippen LogP contribution is 2.23. The molecular formula is C15H15N5O. The lowest BCUT2D eigenvalue weighted by atomic mass is 10.2. The minimum Gasteiger partial charge on any atom is -0.457 e. The minimum absolute atomic E-state index is 0.251. The lowest BCUT2D eigenvalue weighted by molar-refractivity contribution is 0.482. The molecule has 0 spiro atoms. The molecule has 0 aliphatic heterocycles. The van der Waals surface area contributed by atoms with E-state index in [2.05, 4.69) is 15.5 Å². The Balaban J connectivity index is 1.91. The summed E-state index contributed by atoms with van der Waals surface area (Å²) in [4.78, 5) is 0. The van der Waals surface area contributed by atoms with Gasteiger partial charge in [-0.25, -0.2) is 0 Å². The Morgan fingerprint density at radius 1 is 1.05 bits per heavy atom. The number of benzene rings is 2. The van der Waals surface area contributed by atoms with Gasteiger partial charge in [-0.1, -0.05) is 24.3 Å². The van der Waals surface area contributed by atoms with E-state index in [4.69, 9.17) is 10.5 Å². The molecule has 0 bridgehead atoms. The highest BCUT2D eigenvalue weighted by molar-refractivity contribution is 5.41. The smallest absolute Gasteiger partial charge is 0.173 e. The van der Waals surface area contributed by atoms with Gasteiger partial charge in [0.1, 0.15) is 11.5 Å². The van der Waals surface area contributed by atoms with Gasteiger partial charge in [-0.15, -0.1) is 5.10 Å². The largest absolute Gasteiger partial charge is 0.457 e. The van der Waals surface area contributed by atoms with Crippen molar-refractivity contribution in [1.82, 2.24) is 20.2 Å². The van der Waals surface area contributed by atoms with Crippen molar-refractivity contribution in [3.8, 4) is 17.2 Å². The van der Waals surface area contributed by atoms with E-state index in [9.17, 15) is 0 Å². The van der Waals surface area contributed by atoms with Gasteiger partial charge in [0, 0.05) is 6.07 Å². The summed E-state index contributed by atoms with van der Waals surface area (Å²) in [7, 11) is 0. The summed E-state index contributed by atoms with van der Waals surface area (Å²) in [5, 5.41) is 11.6. The minimum atomic E-state index is -0.251. The number of hydrogen-bond acceptors (Lipinski definition) is 5. The second-order valence-electron chi connectivity index (χ2n) is 4.65. The molecule has 0 aliphatic carbocycles. The summed E-state index contributed by atoms with van der Waals surface area (Å²) >= 11 is 0. The fourth-order valence-corrected chi connectivity index (χ4v) is 1.97. The zero-order chi connectivity index (χ0) is 14.7. The van der Waals surface area contributed by atoms with Crippen molar-refractivity contribution in [1.29, 1.82) is 0 Å². The first-order valence-corrected chi connectivity index (χ1v) is 6.61. The van der Waals surface area contributed by atoms with Crippen LogP contribution in [0.15, 0.2) is 54.6 Å². The van der Waals surface area contributed by atoms with Gasteiger partial charge in [0.15, 0.2) is 5.82 Å². The van der Waals surface area contributed by atoms with Crippen LogP contribution >= 0.6 is 0 Å². The van der Waals surface area contributed by atoms with Crippen LogP contribution in [0.5, 0.6) is 11.5 Å². The van der Waals surface area contributed by atoms with Crippen LogP contribution in [0.1, 0.15) is 18.8 Å². The van der Waals surface area contributed by atoms with Crippen molar-refractivity contribution in [2.75, 3.05) is 0 Å². The first-order valence-electron chi connectivity index (χ1n) is 6.61. The van der Waals surface area contributed by atoms with Gasteiger partial charge in [-0.3, -0.25) is 0 Å².